The largest absolute Gasteiger partial charge is 0.456 e. The van der Waals surface area contributed by atoms with Crippen molar-refractivity contribution in [3.8, 4) is 22.3 Å². The Bertz CT molecular complexity index is 2830. The maximum Gasteiger partial charge on any atom is 0.142 e. The van der Waals surface area contributed by atoms with E-state index in [0.29, 0.717) is 36.1 Å². The summed E-state index contributed by atoms with van der Waals surface area (Å²) in [5.74, 6) is 4.47. The number of benzene rings is 4. The Morgan fingerprint density at radius 1 is 0.733 bits per heavy atom. The fourth-order valence-corrected chi connectivity index (χ4v) is 11.1. The van der Waals surface area contributed by atoms with Crippen molar-refractivity contribution in [2.75, 3.05) is 0 Å². The summed E-state index contributed by atoms with van der Waals surface area (Å²) in [4.78, 5) is 9.93. The number of hydrogen-bond donors (Lipinski definition) is 0. The monoisotopic (exact) mass is 780 g/mol. The molecule has 294 valence electrons. The molecule has 12 rings (SSSR count). The van der Waals surface area contributed by atoms with Gasteiger partial charge in [-0.25, -0.2) is 4.99 Å². The van der Waals surface area contributed by atoms with Crippen LogP contribution in [0, 0.1) is 29.6 Å². The van der Waals surface area contributed by atoms with E-state index in [9.17, 15) is 0 Å². The molecule has 2 heterocycles. The minimum atomic E-state index is 0.180. The molecular weight excluding hydrogens is 733 g/mol. The zero-order chi connectivity index (χ0) is 39.6. The molecule has 1 aromatic heterocycles. The highest BCUT2D eigenvalue weighted by atomic mass is 16.5. The minimum Gasteiger partial charge on any atom is -0.456 e. The van der Waals surface area contributed by atoms with E-state index >= 15 is 0 Å². The predicted molar refractivity (Wildman–Crippen MR) is 247 cm³/mol. The number of amidine groups is 1. The van der Waals surface area contributed by atoms with E-state index in [-0.39, 0.29) is 18.1 Å². The van der Waals surface area contributed by atoms with Gasteiger partial charge < -0.3 is 9.15 Å². The van der Waals surface area contributed by atoms with Crippen LogP contribution < -0.4 is 0 Å². The van der Waals surface area contributed by atoms with Crippen molar-refractivity contribution in [3.63, 3.8) is 0 Å². The highest BCUT2D eigenvalue weighted by Gasteiger charge is 2.59. The molecule has 5 aromatic rings. The summed E-state index contributed by atoms with van der Waals surface area (Å²) < 4.78 is 13.6. The van der Waals surface area contributed by atoms with Crippen molar-refractivity contribution in [2.24, 2.45) is 39.6 Å². The molecule has 4 aromatic carbocycles. The second kappa shape index (κ2) is 14.9. The van der Waals surface area contributed by atoms with Gasteiger partial charge in [0.15, 0.2) is 0 Å². The zero-order valence-electron chi connectivity index (χ0n) is 33.7. The highest BCUT2D eigenvalue weighted by molar-refractivity contribution is 6.13. The van der Waals surface area contributed by atoms with E-state index in [0.717, 1.165) is 48.4 Å². The van der Waals surface area contributed by atoms with E-state index in [2.05, 4.69) is 164 Å². The molecule has 1 saturated carbocycles. The lowest BCUT2D eigenvalue weighted by atomic mass is 9.78. The van der Waals surface area contributed by atoms with Gasteiger partial charge in [-0.1, -0.05) is 152 Å². The second-order valence-electron chi connectivity index (χ2n) is 17.6. The van der Waals surface area contributed by atoms with Crippen LogP contribution in [0.4, 0.5) is 0 Å². The number of hydrogen-bond acceptors (Lipinski definition) is 3. The number of allylic oxidation sites excluding steroid dienone is 11. The zero-order valence-corrected chi connectivity index (χ0v) is 33.7. The maximum absolute atomic E-state index is 6.82. The standard InChI is InChI=1S/C56H48N2O2/c1-3-12-35(13-4-1)33-57-56(40-14-5-2-6-15-40)58-34-36-22-24-37(25-23-36)38-26-28-39(29-27-38)47-32-48-52-50(60-55(48)43-18-8-7-16-41(43)47)31-30-45-51(53(45)52)46-20-11-19-44-42-17-9-10-21-49(42)59-54(44)46/h2-3,5-8,10-14,16,18-33,40,42,45-46,49,51,53-54H,1,4,9,15,17,34H2/b57-33+,58-56-. The summed E-state index contributed by atoms with van der Waals surface area (Å²) in [6, 6.07) is 29.1. The van der Waals surface area contributed by atoms with Crippen molar-refractivity contribution in [3.05, 3.63) is 186 Å². The Morgan fingerprint density at radius 3 is 2.42 bits per heavy atom. The van der Waals surface area contributed by atoms with Gasteiger partial charge in [-0.05, 0) is 106 Å². The van der Waals surface area contributed by atoms with Crippen LogP contribution in [0.25, 0.3) is 50.1 Å². The summed E-state index contributed by atoms with van der Waals surface area (Å²) in [6.07, 6.45) is 39.5. The van der Waals surface area contributed by atoms with Crippen LogP contribution in [-0.4, -0.2) is 24.3 Å². The normalized spacial score (nSPS) is 28.5. The number of nitrogens with zero attached hydrogens (tertiary/aromatic N) is 2. The fourth-order valence-electron chi connectivity index (χ4n) is 11.1. The molecule has 7 aliphatic rings. The lowest BCUT2D eigenvalue weighted by Gasteiger charge is -2.25. The van der Waals surface area contributed by atoms with Gasteiger partial charge in [0.1, 0.15) is 17.2 Å². The van der Waals surface area contributed by atoms with Gasteiger partial charge in [0.05, 0.1) is 18.8 Å². The lowest BCUT2D eigenvalue weighted by Crippen LogP contribution is -2.25. The molecule has 4 heteroatoms. The van der Waals surface area contributed by atoms with Gasteiger partial charge in [-0.3, -0.25) is 4.99 Å². The molecule has 0 spiro atoms. The highest BCUT2D eigenvalue weighted by Crippen LogP contribution is 2.66. The Kier molecular flexibility index (Phi) is 8.87. The van der Waals surface area contributed by atoms with Gasteiger partial charge in [-0.2, -0.15) is 0 Å². The smallest absolute Gasteiger partial charge is 0.142 e. The lowest BCUT2D eigenvalue weighted by molar-refractivity contribution is 0.0364. The van der Waals surface area contributed by atoms with Crippen molar-refractivity contribution in [1.82, 2.24) is 0 Å². The second-order valence-corrected chi connectivity index (χ2v) is 17.6. The van der Waals surface area contributed by atoms with Crippen LogP contribution in [0.3, 0.4) is 0 Å². The summed E-state index contributed by atoms with van der Waals surface area (Å²) >= 11 is 0. The maximum atomic E-state index is 6.82. The first-order valence-electron chi connectivity index (χ1n) is 22.1. The number of aliphatic imine (C=N–C) groups is 2. The molecule has 6 aliphatic carbocycles. The molecule has 1 saturated heterocycles. The SMILES string of the molecule is C1=CCC(C(=N/Cc2ccc(-c3ccc(-c4cc5c6c(oc5c5ccccc45)C=CC4C6C4C4C=CC=C5C6CCC=CC6OC54)cc3)cc2)/N=C/C2=CCCC=C2)C=C1. The van der Waals surface area contributed by atoms with E-state index in [4.69, 9.17) is 19.1 Å². The Morgan fingerprint density at radius 2 is 1.58 bits per heavy atom. The fraction of sp³-hybridized carbons (Fsp3) is 0.250. The van der Waals surface area contributed by atoms with Crippen LogP contribution in [-0.2, 0) is 11.3 Å². The molecule has 0 N–H and O–H groups in total. The van der Waals surface area contributed by atoms with Crippen molar-refractivity contribution in [2.45, 2.75) is 56.8 Å². The number of furan rings is 1. The average Bonchev–Trinajstić information content (AvgIpc) is 3.71. The van der Waals surface area contributed by atoms with Gasteiger partial charge in [0.2, 0.25) is 0 Å². The molecule has 4 nitrogen and oxygen atoms in total. The molecule has 60 heavy (non-hydrogen) atoms. The Labute approximate surface area is 352 Å². The van der Waals surface area contributed by atoms with Gasteiger partial charge in [0.25, 0.3) is 0 Å². The molecule has 2 fully saturated rings. The van der Waals surface area contributed by atoms with Crippen LogP contribution >= 0.6 is 0 Å². The first-order chi connectivity index (χ1) is 29.7. The molecule has 0 radical (unpaired) electrons. The van der Waals surface area contributed by atoms with E-state index in [1.165, 1.54) is 61.5 Å². The van der Waals surface area contributed by atoms with E-state index in [1.807, 2.05) is 6.21 Å². The van der Waals surface area contributed by atoms with Crippen LogP contribution in [0.15, 0.2) is 183 Å². The first-order valence-corrected chi connectivity index (χ1v) is 22.1. The van der Waals surface area contributed by atoms with Crippen LogP contribution in [0.1, 0.15) is 54.9 Å². The first kappa shape index (κ1) is 35.8. The minimum absolute atomic E-state index is 0.180. The van der Waals surface area contributed by atoms with Crippen molar-refractivity contribution >= 4 is 39.9 Å². The summed E-state index contributed by atoms with van der Waals surface area (Å²) in [6.45, 7) is 0.600. The third-order valence-corrected chi connectivity index (χ3v) is 14.1. The third-order valence-electron chi connectivity index (χ3n) is 14.1. The summed E-state index contributed by atoms with van der Waals surface area (Å²) in [7, 11) is 0. The topological polar surface area (TPSA) is 47.1 Å². The third kappa shape index (κ3) is 6.23. The van der Waals surface area contributed by atoms with Crippen molar-refractivity contribution in [1.29, 1.82) is 0 Å². The van der Waals surface area contributed by atoms with E-state index < -0.39 is 0 Å². The average molecular weight is 781 g/mol. The quantitative estimate of drug-likeness (QED) is 0.0938. The predicted octanol–water partition coefficient (Wildman–Crippen LogP) is 13.5. The molecule has 8 atom stereocenters. The van der Waals surface area contributed by atoms with Gasteiger partial charge in [0, 0.05) is 40.3 Å². The number of fused-ring (bicyclic) bond motifs is 10. The molecule has 0 amide bonds. The Hall–Kier alpha value is -6.10. The van der Waals surface area contributed by atoms with Gasteiger partial charge in [-0.15, -0.1) is 0 Å². The van der Waals surface area contributed by atoms with E-state index in [1.54, 1.807) is 0 Å². The molecular formula is C56H48N2O2. The summed E-state index contributed by atoms with van der Waals surface area (Å²) in [5.41, 5.74) is 11.1. The van der Waals surface area contributed by atoms with Crippen LogP contribution in [0.2, 0.25) is 0 Å². The molecule has 0 bridgehead atoms. The summed E-state index contributed by atoms with van der Waals surface area (Å²) in [5, 5.41) is 3.65. The van der Waals surface area contributed by atoms with Crippen LogP contribution in [0.5, 0.6) is 0 Å². The molecule has 1 aliphatic heterocycles. The van der Waals surface area contributed by atoms with Crippen molar-refractivity contribution < 1.29 is 9.15 Å². The van der Waals surface area contributed by atoms with Gasteiger partial charge >= 0.3 is 0 Å². The molecule has 8 unspecified atom stereocenters. The number of ether oxygens (including phenoxy) is 1. The Balaban J connectivity index is 0.815. The number of rotatable bonds is 7.